The van der Waals surface area contributed by atoms with Crippen LogP contribution in [0.2, 0.25) is 0 Å². The van der Waals surface area contributed by atoms with E-state index >= 15 is 0 Å². The zero-order valence-electron chi connectivity index (χ0n) is 17.3. The quantitative estimate of drug-likeness (QED) is 0.258. The molecule has 9 heteroatoms. The van der Waals surface area contributed by atoms with Gasteiger partial charge in [0.05, 0.1) is 23.0 Å². The maximum atomic E-state index is 11.8. The second-order valence-corrected chi connectivity index (χ2v) is 9.86. The highest BCUT2D eigenvalue weighted by Crippen LogP contribution is 2.14. The van der Waals surface area contributed by atoms with Crippen LogP contribution in [-0.2, 0) is 16.4 Å². The molecule has 0 aromatic heterocycles. The Labute approximate surface area is 173 Å². The third-order valence-corrected chi connectivity index (χ3v) is 7.01. The van der Waals surface area contributed by atoms with Crippen molar-refractivity contribution in [1.29, 1.82) is 0 Å². The molecule has 1 heterocycles. The van der Waals surface area contributed by atoms with Gasteiger partial charge in [-0.2, -0.15) is 0 Å². The molecule has 1 saturated heterocycles. The SMILES string of the molecule is CCCCC(CC)CNC(=NCc1ccc([N+](=O)[O-])cc1)NC1CCS(=O)(=O)C1. The molecule has 0 radical (unpaired) electrons. The van der Waals surface area contributed by atoms with Gasteiger partial charge in [0.1, 0.15) is 0 Å². The lowest BCUT2D eigenvalue weighted by Gasteiger charge is -2.20. The van der Waals surface area contributed by atoms with Crippen LogP contribution in [0.25, 0.3) is 0 Å². The molecular weight excluding hydrogens is 392 g/mol. The van der Waals surface area contributed by atoms with Gasteiger partial charge in [0.2, 0.25) is 0 Å². The number of nitro groups is 1. The molecule has 1 aromatic carbocycles. The molecule has 1 aliphatic heterocycles. The first kappa shape index (κ1) is 23.1. The van der Waals surface area contributed by atoms with E-state index < -0.39 is 14.8 Å². The van der Waals surface area contributed by atoms with Gasteiger partial charge in [-0.05, 0) is 24.3 Å². The van der Waals surface area contributed by atoms with Crippen molar-refractivity contribution >= 4 is 21.5 Å². The van der Waals surface area contributed by atoms with Gasteiger partial charge in [-0.1, -0.05) is 45.2 Å². The van der Waals surface area contributed by atoms with Crippen molar-refractivity contribution in [1.82, 2.24) is 10.6 Å². The summed E-state index contributed by atoms with van der Waals surface area (Å²) < 4.78 is 23.5. The van der Waals surface area contributed by atoms with E-state index in [9.17, 15) is 18.5 Å². The number of nitrogens with zero attached hydrogens (tertiary/aromatic N) is 2. The molecule has 0 bridgehead atoms. The summed E-state index contributed by atoms with van der Waals surface area (Å²) in [7, 11) is -2.98. The smallest absolute Gasteiger partial charge is 0.269 e. The van der Waals surface area contributed by atoms with Crippen molar-refractivity contribution in [3.05, 3.63) is 39.9 Å². The Morgan fingerprint density at radius 2 is 2.03 bits per heavy atom. The van der Waals surface area contributed by atoms with Crippen LogP contribution in [0.5, 0.6) is 0 Å². The van der Waals surface area contributed by atoms with E-state index in [2.05, 4.69) is 29.5 Å². The molecule has 1 aromatic rings. The zero-order valence-corrected chi connectivity index (χ0v) is 18.1. The summed E-state index contributed by atoms with van der Waals surface area (Å²) in [5.74, 6) is 1.46. The van der Waals surface area contributed by atoms with E-state index in [1.807, 2.05) is 0 Å². The van der Waals surface area contributed by atoms with Crippen LogP contribution in [-0.4, -0.2) is 43.4 Å². The second kappa shape index (κ2) is 11.1. The van der Waals surface area contributed by atoms with Crippen molar-refractivity contribution < 1.29 is 13.3 Å². The van der Waals surface area contributed by atoms with Crippen molar-refractivity contribution in [2.24, 2.45) is 10.9 Å². The Hall–Kier alpha value is -2.16. The topological polar surface area (TPSA) is 114 Å². The maximum Gasteiger partial charge on any atom is 0.269 e. The first-order chi connectivity index (χ1) is 13.8. The van der Waals surface area contributed by atoms with Crippen LogP contribution in [0.4, 0.5) is 5.69 Å². The minimum atomic E-state index is -2.98. The maximum absolute atomic E-state index is 11.8. The zero-order chi connectivity index (χ0) is 21.3. The summed E-state index contributed by atoms with van der Waals surface area (Å²) in [5.41, 5.74) is 0.904. The minimum absolute atomic E-state index is 0.0482. The van der Waals surface area contributed by atoms with Gasteiger partial charge in [0.25, 0.3) is 5.69 Å². The lowest BCUT2D eigenvalue weighted by atomic mass is 9.99. The highest BCUT2D eigenvalue weighted by atomic mass is 32.2. The molecule has 0 aliphatic carbocycles. The number of benzene rings is 1. The van der Waals surface area contributed by atoms with E-state index in [4.69, 9.17) is 0 Å². The normalized spacial score (nSPS) is 19.7. The Morgan fingerprint density at radius 3 is 2.59 bits per heavy atom. The van der Waals surface area contributed by atoms with E-state index in [0.717, 1.165) is 31.4 Å². The third kappa shape index (κ3) is 8.00. The molecule has 2 N–H and O–H groups in total. The number of aliphatic imine (C=N–C) groups is 1. The number of rotatable bonds is 10. The molecule has 29 heavy (non-hydrogen) atoms. The number of sulfone groups is 1. The van der Waals surface area contributed by atoms with Gasteiger partial charge in [-0.3, -0.25) is 10.1 Å². The fourth-order valence-corrected chi connectivity index (χ4v) is 5.01. The summed E-state index contributed by atoms with van der Waals surface area (Å²) in [4.78, 5) is 15.0. The molecule has 2 atom stereocenters. The highest BCUT2D eigenvalue weighted by molar-refractivity contribution is 7.91. The van der Waals surface area contributed by atoms with Crippen molar-refractivity contribution in [3.8, 4) is 0 Å². The van der Waals surface area contributed by atoms with Crippen LogP contribution in [0.3, 0.4) is 0 Å². The summed E-state index contributed by atoms with van der Waals surface area (Å²) in [6, 6.07) is 6.17. The average molecular weight is 425 g/mol. The molecule has 162 valence electrons. The van der Waals surface area contributed by atoms with Gasteiger partial charge in [0.15, 0.2) is 15.8 Å². The van der Waals surface area contributed by atoms with Gasteiger partial charge in [0, 0.05) is 24.7 Å². The van der Waals surface area contributed by atoms with Gasteiger partial charge >= 0.3 is 0 Å². The van der Waals surface area contributed by atoms with E-state index in [1.54, 1.807) is 12.1 Å². The Bertz CT molecular complexity index is 793. The molecule has 0 amide bonds. The number of nitro benzene ring substituents is 1. The molecule has 0 saturated carbocycles. The fraction of sp³-hybridized carbons (Fsp3) is 0.650. The molecule has 2 unspecified atom stereocenters. The summed E-state index contributed by atoms with van der Waals surface area (Å²) >= 11 is 0. The number of hydrogen-bond donors (Lipinski definition) is 2. The molecule has 8 nitrogen and oxygen atoms in total. The van der Waals surface area contributed by atoms with Gasteiger partial charge < -0.3 is 10.6 Å². The minimum Gasteiger partial charge on any atom is -0.356 e. The van der Waals surface area contributed by atoms with Crippen LogP contribution < -0.4 is 10.6 Å². The van der Waals surface area contributed by atoms with E-state index in [0.29, 0.717) is 24.8 Å². The van der Waals surface area contributed by atoms with Gasteiger partial charge in [-0.15, -0.1) is 0 Å². The Balaban J connectivity index is 2.03. The first-order valence-corrected chi connectivity index (χ1v) is 12.1. The predicted octanol–water partition coefficient (Wildman–Crippen LogP) is 3.03. The van der Waals surface area contributed by atoms with Crippen LogP contribution >= 0.6 is 0 Å². The molecular formula is C20H32N4O4S. The summed E-state index contributed by atoms with van der Waals surface area (Å²) in [6.45, 7) is 5.49. The molecule has 2 rings (SSSR count). The van der Waals surface area contributed by atoms with Crippen molar-refractivity contribution in [3.63, 3.8) is 0 Å². The average Bonchev–Trinajstić information content (AvgIpc) is 3.04. The predicted molar refractivity (Wildman–Crippen MR) is 116 cm³/mol. The van der Waals surface area contributed by atoms with Crippen molar-refractivity contribution in [2.45, 2.75) is 58.5 Å². The second-order valence-electron chi connectivity index (χ2n) is 7.63. The molecule has 1 fully saturated rings. The number of nitrogens with one attached hydrogen (secondary N) is 2. The Kier molecular flexibility index (Phi) is 8.88. The molecule has 1 aliphatic rings. The number of guanidine groups is 1. The lowest BCUT2D eigenvalue weighted by molar-refractivity contribution is -0.384. The van der Waals surface area contributed by atoms with Crippen LogP contribution in [0.1, 0.15) is 51.5 Å². The third-order valence-electron chi connectivity index (χ3n) is 5.24. The van der Waals surface area contributed by atoms with Crippen LogP contribution in [0, 0.1) is 16.0 Å². The monoisotopic (exact) mass is 424 g/mol. The van der Waals surface area contributed by atoms with E-state index in [1.165, 1.54) is 18.6 Å². The largest absolute Gasteiger partial charge is 0.356 e. The van der Waals surface area contributed by atoms with E-state index in [-0.39, 0.29) is 23.2 Å². The first-order valence-electron chi connectivity index (χ1n) is 10.3. The fourth-order valence-electron chi connectivity index (χ4n) is 3.33. The number of non-ortho nitro benzene ring substituents is 1. The standard InChI is InChI=1S/C20H32N4O4S/c1-3-5-6-16(4-2)13-21-20(23-18-11-12-29(27,28)15-18)22-14-17-7-9-19(10-8-17)24(25)26/h7-10,16,18H,3-6,11-15H2,1-2H3,(H2,21,22,23). The highest BCUT2D eigenvalue weighted by Gasteiger charge is 2.28. The van der Waals surface area contributed by atoms with Crippen LogP contribution in [0.15, 0.2) is 29.3 Å². The lowest BCUT2D eigenvalue weighted by Crippen LogP contribution is -2.45. The summed E-state index contributed by atoms with van der Waals surface area (Å²) in [6.07, 6.45) is 5.14. The molecule has 0 spiro atoms. The Morgan fingerprint density at radius 1 is 1.31 bits per heavy atom. The summed E-state index contributed by atoms with van der Waals surface area (Å²) in [5, 5.41) is 17.4. The van der Waals surface area contributed by atoms with Crippen molar-refractivity contribution in [2.75, 3.05) is 18.1 Å². The number of unbranched alkanes of at least 4 members (excludes halogenated alkanes) is 1. The van der Waals surface area contributed by atoms with Gasteiger partial charge in [-0.25, -0.2) is 13.4 Å². The number of hydrogen-bond acceptors (Lipinski definition) is 5.